The molecule has 126 valence electrons. The molecule has 2 fully saturated rings. The van der Waals surface area contributed by atoms with Crippen molar-refractivity contribution >= 4 is 5.97 Å². The maximum absolute atomic E-state index is 11.2. The standard InChI is InChI=1S/C17H23NO5/c1-12(19)21-16-9-14(15-11-20-17(2,3)22-15)18(23-16)10-13-7-5-4-6-8-13/h4-8,14-16H,9-11H2,1-3H3/t14-,15+,16?/m0/s1. The molecule has 0 N–H and O–H groups in total. The summed E-state index contributed by atoms with van der Waals surface area (Å²) in [6.45, 7) is 6.28. The molecule has 23 heavy (non-hydrogen) atoms. The zero-order chi connectivity index (χ0) is 16.4. The summed E-state index contributed by atoms with van der Waals surface area (Å²) >= 11 is 0. The second kappa shape index (κ2) is 6.57. The van der Waals surface area contributed by atoms with Crippen LogP contribution in [0.25, 0.3) is 0 Å². The van der Waals surface area contributed by atoms with Crippen LogP contribution in [0.1, 0.15) is 32.8 Å². The molecule has 0 radical (unpaired) electrons. The van der Waals surface area contributed by atoms with E-state index in [9.17, 15) is 4.79 Å². The first-order valence-electron chi connectivity index (χ1n) is 7.89. The number of carbonyl (C=O) groups excluding carboxylic acids is 1. The van der Waals surface area contributed by atoms with Crippen LogP contribution in [0.5, 0.6) is 0 Å². The van der Waals surface area contributed by atoms with E-state index in [1.54, 1.807) is 0 Å². The normalized spacial score (nSPS) is 30.5. The highest BCUT2D eigenvalue weighted by molar-refractivity contribution is 5.66. The molecule has 0 amide bonds. The highest BCUT2D eigenvalue weighted by Crippen LogP contribution is 2.33. The van der Waals surface area contributed by atoms with Crippen LogP contribution >= 0.6 is 0 Å². The Bertz CT molecular complexity index is 547. The Kier molecular flexibility index (Phi) is 4.68. The number of hydrogen-bond acceptors (Lipinski definition) is 6. The average molecular weight is 321 g/mol. The molecule has 2 aliphatic heterocycles. The van der Waals surface area contributed by atoms with Gasteiger partial charge in [0.2, 0.25) is 6.29 Å². The van der Waals surface area contributed by atoms with Crippen LogP contribution in [0.2, 0.25) is 0 Å². The van der Waals surface area contributed by atoms with Crippen molar-refractivity contribution in [2.45, 2.75) is 58.0 Å². The summed E-state index contributed by atoms with van der Waals surface area (Å²) in [6.07, 6.45) is -0.126. The summed E-state index contributed by atoms with van der Waals surface area (Å²) < 4.78 is 16.9. The van der Waals surface area contributed by atoms with Gasteiger partial charge in [-0.15, -0.1) is 0 Å². The van der Waals surface area contributed by atoms with Gasteiger partial charge >= 0.3 is 5.97 Å². The fraction of sp³-hybridized carbons (Fsp3) is 0.588. The van der Waals surface area contributed by atoms with Crippen LogP contribution in [-0.4, -0.2) is 41.9 Å². The first-order chi connectivity index (χ1) is 10.9. The molecule has 0 spiro atoms. The number of hydrogen-bond donors (Lipinski definition) is 0. The third-order valence-corrected chi connectivity index (χ3v) is 4.00. The van der Waals surface area contributed by atoms with Crippen molar-refractivity contribution < 1.29 is 23.8 Å². The number of rotatable bonds is 4. The van der Waals surface area contributed by atoms with E-state index in [0.717, 1.165) is 5.56 Å². The van der Waals surface area contributed by atoms with E-state index in [1.807, 2.05) is 49.2 Å². The molecule has 1 unspecified atom stereocenters. The van der Waals surface area contributed by atoms with Crippen LogP contribution in [-0.2, 0) is 30.4 Å². The van der Waals surface area contributed by atoms with E-state index < -0.39 is 12.1 Å². The molecule has 3 atom stereocenters. The molecule has 6 heteroatoms. The van der Waals surface area contributed by atoms with Crippen LogP contribution in [0.15, 0.2) is 30.3 Å². The summed E-state index contributed by atoms with van der Waals surface area (Å²) in [4.78, 5) is 17.0. The highest BCUT2D eigenvalue weighted by Gasteiger charge is 2.46. The van der Waals surface area contributed by atoms with Gasteiger partial charge in [-0.1, -0.05) is 30.3 Å². The lowest BCUT2D eigenvalue weighted by Gasteiger charge is -2.26. The number of carbonyl (C=O) groups is 1. The van der Waals surface area contributed by atoms with Gasteiger partial charge in [-0.25, -0.2) is 0 Å². The Balaban J connectivity index is 1.72. The first-order valence-corrected chi connectivity index (χ1v) is 7.89. The monoisotopic (exact) mass is 321 g/mol. The van der Waals surface area contributed by atoms with E-state index >= 15 is 0 Å². The Morgan fingerprint density at radius 3 is 2.70 bits per heavy atom. The van der Waals surface area contributed by atoms with E-state index in [-0.39, 0.29) is 18.1 Å². The SMILES string of the molecule is CC(=O)OC1C[C@@H]([C@H]2COC(C)(C)O2)N(Cc2ccccc2)O1. The van der Waals surface area contributed by atoms with Crippen molar-refractivity contribution in [2.24, 2.45) is 0 Å². The van der Waals surface area contributed by atoms with Crippen molar-refractivity contribution in [1.82, 2.24) is 5.06 Å². The smallest absolute Gasteiger partial charge is 0.304 e. The van der Waals surface area contributed by atoms with E-state index in [4.69, 9.17) is 19.0 Å². The number of hydroxylamine groups is 2. The van der Waals surface area contributed by atoms with Gasteiger partial charge in [0.15, 0.2) is 5.79 Å². The van der Waals surface area contributed by atoms with Crippen molar-refractivity contribution in [3.05, 3.63) is 35.9 Å². The Hall–Kier alpha value is -1.47. The summed E-state index contributed by atoms with van der Waals surface area (Å²) in [5, 5.41) is 1.85. The van der Waals surface area contributed by atoms with E-state index in [1.165, 1.54) is 6.92 Å². The number of benzene rings is 1. The Morgan fingerprint density at radius 2 is 2.09 bits per heavy atom. The second-order valence-corrected chi connectivity index (χ2v) is 6.38. The van der Waals surface area contributed by atoms with Gasteiger partial charge in [-0.2, -0.15) is 5.06 Å². The fourth-order valence-electron chi connectivity index (χ4n) is 3.00. The zero-order valence-corrected chi connectivity index (χ0v) is 13.7. The van der Waals surface area contributed by atoms with Crippen LogP contribution in [0, 0.1) is 0 Å². The molecule has 3 rings (SSSR count). The maximum Gasteiger partial charge on any atom is 0.304 e. The summed E-state index contributed by atoms with van der Waals surface area (Å²) in [7, 11) is 0. The lowest BCUT2D eigenvalue weighted by atomic mass is 10.1. The van der Waals surface area contributed by atoms with E-state index in [0.29, 0.717) is 19.6 Å². The fourth-order valence-corrected chi connectivity index (χ4v) is 3.00. The van der Waals surface area contributed by atoms with Crippen LogP contribution in [0.3, 0.4) is 0 Å². The van der Waals surface area contributed by atoms with Crippen LogP contribution < -0.4 is 0 Å². The Labute approximate surface area is 136 Å². The van der Waals surface area contributed by atoms with Gasteiger partial charge in [-0.3, -0.25) is 9.63 Å². The molecule has 1 aromatic carbocycles. The van der Waals surface area contributed by atoms with Crippen LogP contribution in [0.4, 0.5) is 0 Å². The van der Waals surface area contributed by atoms with Gasteiger partial charge in [0.05, 0.1) is 12.6 Å². The van der Waals surface area contributed by atoms with Crippen molar-refractivity contribution in [2.75, 3.05) is 6.61 Å². The number of esters is 1. The minimum Gasteiger partial charge on any atom is -0.434 e. The molecule has 2 aliphatic rings. The summed E-state index contributed by atoms with van der Waals surface area (Å²) in [5.74, 6) is -0.943. The molecule has 0 aromatic heterocycles. The molecular formula is C17H23NO5. The largest absolute Gasteiger partial charge is 0.434 e. The van der Waals surface area contributed by atoms with Crippen molar-refractivity contribution in [3.8, 4) is 0 Å². The number of nitrogens with zero attached hydrogens (tertiary/aromatic N) is 1. The minimum absolute atomic E-state index is 0.0265. The third kappa shape index (κ3) is 4.09. The molecule has 2 saturated heterocycles. The zero-order valence-electron chi connectivity index (χ0n) is 13.7. The van der Waals surface area contributed by atoms with Gasteiger partial charge in [0.25, 0.3) is 0 Å². The average Bonchev–Trinajstić information content (AvgIpc) is 3.02. The molecular weight excluding hydrogens is 298 g/mol. The minimum atomic E-state index is -0.595. The van der Waals surface area contributed by atoms with Gasteiger partial charge in [-0.05, 0) is 19.4 Å². The Morgan fingerprint density at radius 1 is 1.35 bits per heavy atom. The summed E-state index contributed by atoms with van der Waals surface area (Å²) in [6, 6.07) is 10.0. The highest BCUT2D eigenvalue weighted by atomic mass is 16.8. The molecule has 0 saturated carbocycles. The lowest BCUT2D eigenvalue weighted by molar-refractivity contribution is -0.246. The second-order valence-electron chi connectivity index (χ2n) is 6.38. The molecule has 2 heterocycles. The predicted octanol–water partition coefficient (Wildman–Crippen LogP) is 2.23. The van der Waals surface area contributed by atoms with Crippen molar-refractivity contribution in [3.63, 3.8) is 0 Å². The summed E-state index contributed by atoms with van der Waals surface area (Å²) in [5.41, 5.74) is 1.12. The van der Waals surface area contributed by atoms with Crippen molar-refractivity contribution in [1.29, 1.82) is 0 Å². The topological polar surface area (TPSA) is 57.2 Å². The van der Waals surface area contributed by atoms with E-state index in [2.05, 4.69) is 0 Å². The van der Waals surface area contributed by atoms with Gasteiger partial charge in [0, 0.05) is 19.9 Å². The first kappa shape index (κ1) is 16.4. The number of ether oxygens (including phenoxy) is 3. The molecule has 0 bridgehead atoms. The predicted molar refractivity (Wildman–Crippen MR) is 81.9 cm³/mol. The lowest BCUT2D eigenvalue weighted by Crippen LogP contribution is -2.40. The molecule has 1 aromatic rings. The maximum atomic E-state index is 11.2. The quantitative estimate of drug-likeness (QED) is 0.793. The molecule has 0 aliphatic carbocycles. The third-order valence-electron chi connectivity index (χ3n) is 4.00. The molecule has 6 nitrogen and oxygen atoms in total. The van der Waals surface area contributed by atoms with Gasteiger partial charge < -0.3 is 14.2 Å². The van der Waals surface area contributed by atoms with Gasteiger partial charge in [0.1, 0.15) is 6.10 Å².